The van der Waals surface area contributed by atoms with Crippen LogP contribution in [0.5, 0.6) is 0 Å². The summed E-state index contributed by atoms with van der Waals surface area (Å²) >= 11 is 0. The van der Waals surface area contributed by atoms with E-state index in [-0.39, 0.29) is 42.9 Å². The summed E-state index contributed by atoms with van der Waals surface area (Å²) in [4.78, 5) is 14.4. The fourth-order valence-electron chi connectivity index (χ4n) is 2.65. The highest BCUT2D eigenvalue weighted by molar-refractivity contribution is 5.85. The first-order valence-corrected chi connectivity index (χ1v) is 6.98. The van der Waals surface area contributed by atoms with Crippen LogP contribution in [0.2, 0.25) is 0 Å². The van der Waals surface area contributed by atoms with Crippen LogP contribution in [0.1, 0.15) is 19.8 Å². The van der Waals surface area contributed by atoms with E-state index in [1.54, 1.807) is 0 Å². The molecule has 0 aromatic heterocycles. The van der Waals surface area contributed by atoms with Crippen LogP contribution in [0.4, 0.5) is 0 Å². The lowest BCUT2D eigenvalue weighted by molar-refractivity contribution is -0.129. The number of hydrogen-bond donors (Lipinski definition) is 2. The Hall–Kier alpha value is -0.0700. The van der Waals surface area contributed by atoms with Gasteiger partial charge in [-0.2, -0.15) is 0 Å². The first-order chi connectivity index (χ1) is 8.66. The molecule has 0 spiro atoms. The Morgan fingerprint density at radius 2 is 2.00 bits per heavy atom. The normalized spacial score (nSPS) is 28.1. The fourth-order valence-corrected chi connectivity index (χ4v) is 2.65. The second kappa shape index (κ2) is 9.79. The van der Waals surface area contributed by atoms with Crippen molar-refractivity contribution in [2.24, 2.45) is 5.92 Å². The van der Waals surface area contributed by atoms with E-state index in [2.05, 4.69) is 22.6 Å². The Labute approximate surface area is 134 Å². The summed E-state index contributed by atoms with van der Waals surface area (Å²) in [6.45, 7) is 6.49. The number of ether oxygens (including phenoxy) is 1. The summed E-state index contributed by atoms with van der Waals surface area (Å²) in [5.74, 6) is 0.714. The molecule has 2 fully saturated rings. The predicted molar refractivity (Wildman–Crippen MR) is 84.9 cm³/mol. The summed E-state index contributed by atoms with van der Waals surface area (Å²) in [7, 11) is 2.15. The van der Waals surface area contributed by atoms with Crippen LogP contribution in [-0.4, -0.2) is 62.8 Å². The highest BCUT2D eigenvalue weighted by atomic mass is 35.5. The quantitative estimate of drug-likeness (QED) is 0.799. The van der Waals surface area contributed by atoms with Crippen LogP contribution >= 0.6 is 24.8 Å². The van der Waals surface area contributed by atoms with Gasteiger partial charge in [0.15, 0.2) is 0 Å². The molecule has 2 aliphatic heterocycles. The van der Waals surface area contributed by atoms with E-state index in [0.717, 1.165) is 26.2 Å². The summed E-state index contributed by atoms with van der Waals surface area (Å²) < 4.78 is 5.49. The van der Waals surface area contributed by atoms with Crippen molar-refractivity contribution in [1.29, 1.82) is 0 Å². The number of likely N-dealkylation sites (tertiary alicyclic amines) is 1. The van der Waals surface area contributed by atoms with Gasteiger partial charge in [-0.1, -0.05) is 0 Å². The number of carbonyl (C=O) groups is 1. The molecular weight excluding hydrogens is 301 g/mol. The van der Waals surface area contributed by atoms with Gasteiger partial charge in [-0.15, -0.1) is 24.8 Å². The number of halogens is 2. The number of nitrogens with one attached hydrogen (secondary N) is 2. The number of morpholine rings is 1. The summed E-state index contributed by atoms with van der Waals surface area (Å²) in [6, 6.07) is -0.190. The molecule has 5 nitrogen and oxygen atoms in total. The van der Waals surface area contributed by atoms with Crippen molar-refractivity contribution in [2.75, 3.05) is 39.8 Å². The van der Waals surface area contributed by atoms with Crippen LogP contribution < -0.4 is 10.6 Å². The standard InChI is InChI=1S/C13H25N3O2.2ClH/c1-10-12(14-5-8-18-10)13(17)15-9-11-3-6-16(2)7-4-11;;/h10-12,14H,3-9H2,1-2H3,(H,15,17);2*1H/t10-,12+;;/m1../s1. The topological polar surface area (TPSA) is 53.6 Å². The minimum Gasteiger partial charge on any atom is -0.375 e. The van der Waals surface area contributed by atoms with Crippen LogP contribution in [-0.2, 0) is 9.53 Å². The predicted octanol–water partition coefficient (Wildman–Crippen LogP) is 0.665. The molecule has 2 atom stereocenters. The smallest absolute Gasteiger partial charge is 0.239 e. The van der Waals surface area contributed by atoms with Crippen LogP contribution in [0.15, 0.2) is 0 Å². The first-order valence-electron chi connectivity index (χ1n) is 6.98. The van der Waals surface area contributed by atoms with E-state index in [1.807, 2.05) is 6.92 Å². The lowest BCUT2D eigenvalue weighted by atomic mass is 9.97. The molecular formula is C13H27Cl2N3O2. The molecule has 0 unspecified atom stereocenters. The summed E-state index contributed by atoms with van der Waals surface area (Å²) in [6.07, 6.45) is 2.33. The van der Waals surface area contributed by atoms with Crippen molar-refractivity contribution in [1.82, 2.24) is 15.5 Å². The Morgan fingerprint density at radius 1 is 1.35 bits per heavy atom. The lowest BCUT2D eigenvalue weighted by Gasteiger charge is -2.31. The molecule has 0 aliphatic carbocycles. The molecule has 2 rings (SSSR count). The van der Waals surface area contributed by atoms with Gasteiger partial charge >= 0.3 is 0 Å². The van der Waals surface area contributed by atoms with E-state index in [4.69, 9.17) is 4.74 Å². The Kier molecular flexibility index (Phi) is 9.76. The van der Waals surface area contributed by atoms with Crippen molar-refractivity contribution in [3.05, 3.63) is 0 Å². The molecule has 0 aromatic carbocycles. The van der Waals surface area contributed by atoms with Crippen molar-refractivity contribution in [2.45, 2.75) is 31.9 Å². The molecule has 0 aromatic rings. The molecule has 2 saturated heterocycles. The highest BCUT2D eigenvalue weighted by Crippen LogP contribution is 2.15. The van der Waals surface area contributed by atoms with E-state index >= 15 is 0 Å². The molecule has 20 heavy (non-hydrogen) atoms. The molecule has 0 saturated carbocycles. The Bertz CT molecular complexity index is 287. The first kappa shape index (κ1) is 19.9. The minimum absolute atomic E-state index is 0. The number of piperidine rings is 1. The minimum atomic E-state index is -0.190. The maximum atomic E-state index is 12.1. The Morgan fingerprint density at radius 3 is 2.60 bits per heavy atom. The van der Waals surface area contributed by atoms with Gasteiger partial charge in [-0.25, -0.2) is 0 Å². The van der Waals surface area contributed by atoms with E-state index in [0.29, 0.717) is 12.5 Å². The number of rotatable bonds is 3. The molecule has 7 heteroatoms. The third-order valence-corrected chi connectivity index (χ3v) is 4.00. The van der Waals surface area contributed by atoms with Gasteiger partial charge in [0, 0.05) is 13.1 Å². The number of nitrogens with zero attached hydrogens (tertiary/aromatic N) is 1. The van der Waals surface area contributed by atoms with Crippen LogP contribution in [0.25, 0.3) is 0 Å². The van der Waals surface area contributed by atoms with Crippen molar-refractivity contribution in [3.8, 4) is 0 Å². The third-order valence-electron chi connectivity index (χ3n) is 4.00. The molecule has 0 bridgehead atoms. The molecule has 2 heterocycles. The van der Waals surface area contributed by atoms with Crippen molar-refractivity contribution >= 4 is 30.7 Å². The maximum absolute atomic E-state index is 12.1. The SMILES string of the molecule is C[C@H]1OCCN[C@@H]1C(=O)NCC1CCN(C)CC1.Cl.Cl. The monoisotopic (exact) mass is 327 g/mol. The van der Waals surface area contributed by atoms with Gasteiger partial charge in [0.25, 0.3) is 0 Å². The highest BCUT2D eigenvalue weighted by Gasteiger charge is 2.28. The van der Waals surface area contributed by atoms with Gasteiger partial charge in [0.1, 0.15) is 6.04 Å². The average Bonchev–Trinajstić information content (AvgIpc) is 2.38. The van der Waals surface area contributed by atoms with E-state index in [9.17, 15) is 4.79 Å². The van der Waals surface area contributed by atoms with Crippen LogP contribution in [0, 0.1) is 5.92 Å². The fraction of sp³-hybridized carbons (Fsp3) is 0.923. The molecule has 120 valence electrons. The molecule has 0 radical (unpaired) electrons. The zero-order chi connectivity index (χ0) is 13.0. The molecule has 2 aliphatic rings. The number of amides is 1. The zero-order valence-electron chi connectivity index (χ0n) is 12.3. The largest absolute Gasteiger partial charge is 0.375 e. The average molecular weight is 328 g/mol. The van der Waals surface area contributed by atoms with Gasteiger partial charge in [0.2, 0.25) is 5.91 Å². The Balaban J connectivity index is 0.00000180. The summed E-state index contributed by atoms with van der Waals surface area (Å²) in [5, 5.41) is 6.29. The van der Waals surface area contributed by atoms with Gasteiger partial charge in [-0.05, 0) is 45.8 Å². The van der Waals surface area contributed by atoms with E-state index in [1.165, 1.54) is 12.8 Å². The van der Waals surface area contributed by atoms with Crippen LogP contribution in [0.3, 0.4) is 0 Å². The molecule has 2 N–H and O–H groups in total. The third kappa shape index (κ3) is 5.74. The number of hydrogen-bond acceptors (Lipinski definition) is 4. The maximum Gasteiger partial charge on any atom is 0.239 e. The van der Waals surface area contributed by atoms with Crippen molar-refractivity contribution in [3.63, 3.8) is 0 Å². The van der Waals surface area contributed by atoms with Crippen molar-refractivity contribution < 1.29 is 9.53 Å². The molecule has 1 amide bonds. The second-order valence-corrected chi connectivity index (χ2v) is 5.50. The number of carbonyl (C=O) groups excluding carboxylic acids is 1. The van der Waals surface area contributed by atoms with E-state index < -0.39 is 0 Å². The lowest BCUT2D eigenvalue weighted by Crippen LogP contribution is -2.56. The van der Waals surface area contributed by atoms with Gasteiger partial charge in [-0.3, -0.25) is 4.79 Å². The van der Waals surface area contributed by atoms with Gasteiger partial charge in [0.05, 0.1) is 12.7 Å². The second-order valence-electron chi connectivity index (χ2n) is 5.50. The summed E-state index contributed by atoms with van der Waals surface area (Å²) in [5.41, 5.74) is 0. The van der Waals surface area contributed by atoms with Gasteiger partial charge < -0.3 is 20.3 Å². The zero-order valence-corrected chi connectivity index (χ0v) is 13.9.